The molecule has 3 N–H and O–H groups in total. The first-order valence-corrected chi connectivity index (χ1v) is 12.5. The summed E-state index contributed by atoms with van der Waals surface area (Å²) in [4.78, 5) is 4.72. The number of hydrogen-bond donors (Lipinski definition) is 3. The normalized spacial score (nSPS) is 14.9. The van der Waals surface area contributed by atoms with Crippen molar-refractivity contribution in [3.63, 3.8) is 0 Å². The Morgan fingerprint density at radius 2 is 1.81 bits per heavy atom. The summed E-state index contributed by atoms with van der Waals surface area (Å²) in [5.74, 6) is 1.95. The Morgan fingerprint density at radius 1 is 1.03 bits per heavy atom. The third-order valence-electron chi connectivity index (χ3n) is 5.74. The second-order valence-electron chi connectivity index (χ2n) is 8.02. The molecule has 8 nitrogen and oxygen atoms in total. The van der Waals surface area contributed by atoms with Gasteiger partial charge in [0, 0.05) is 30.8 Å². The van der Waals surface area contributed by atoms with Crippen LogP contribution in [0.25, 0.3) is 0 Å². The molecule has 32 heavy (non-hydrogen) atoms. The van der Waals surface area contributed by atoms with Crippen LogP contribution in [0.3, 0.4) is 0 Å². The number of pyridine rings is 1. The van der Waals surface area contributed by atoms with Gasteiger partial charge in [-0.05, 0) is 43.5 Å². The molecule has 0 atom stereocenters. The third-order valence-corrected chi connectivity index (χ3v) is 7.56. The molecule has 9 heteroatoms. The van der Waals surface area contributed by atoms with E-state index in [1.807, 2.05) is 6.07 Å². The van der Waals surface area contributed by atoms with E-state index in [-0.39, 0.29) is 23.9 Å². The number of aromatic amines is 1. The Hall–Kier alpha value is -2.91. The van der Waals surface area contributed by atoms with E-state index in [9.17, 15) is 13.5 Å². The van der Waals surface area contributed by atoms with Gasteiger partial charge in [0.05, 0.1) is 4.90 Å². The lowest BCUT2D eigenvalue weighted by Crippen LogP contribution is -2.33. The molecule has 0 bridgehead atoms. The summed E-state index contributed by atoms with van der Waals surface area (Å²) in [5, 5.41) is 20.0. The molecule has 0 unspecified atom stereocenters. The number of benzene rings is 1. The van der Waals surface area contributed by atoms with Gasteiger partial charge in [-0.15, -0.1) is 0 Å². The van der Waals surface area contributed by atoms with Gasteiger partial charge in [-0.1, -0.05) is 43.5 Å². The molecule has 1 saturated carbocycles. The molecule has 2 heterocycles. The molecular formula is C23H29N5O3S. The molecule has 1 aliphatic rings. The molecule has 4 rings (SSSR count). The van der Waals surface area contributed by atoms with E-state index in [4.69, 9.17) is 0 Å². The predicted molar refractivity (Wildman–Crippen MR) is 125 cm³/mol. The number of hydrogen-bond acceptors (Lipinski definition) is 6. The second kappa shape index (κ2) is 10.1. The van der Waals surface area contributed by atoms with Gasteiger partial charge in [-0.25, -0.2) is 17.7 Å². The van der Waals surface area contributed by atoms with Gasteiger partial charge >= 0.3 is 0 Å². The monoisotopic (exact) mass is 455 g/mol. The highest BCUT2D eigenvalue weighted by Crippen LogP contribution is 2.32. The van der Waals surface area contributed by atoms with Gasteiger partial charge < -0.3 is 10.4 Å². The van der Waals surface area contributed by atoms with Crippen molar-refractivity contribution in [1.29, 1.82) is 0 Å². The maximum absolute atomic E-state index is 13.3. The number of rotatable bonds is 9. The van der Waals surface area contributed by atoms with Gasteiger partial charge in [0.15, 0.2) is 5.82 Å². The maximum Gasteiger partial charge on any atom is 0.265 e. The Bertz CT molecular complexity index is 1110. The standard InChI is InChI=1S/C23H29N5O3S/c29-16-8-15-28(32(30,31)19-11-5-2-6-12-19)23-14-7-13-21(25-23)24-22-17-20(26-27-22)18-9-3-1-4-10-18/h2,5-7,11-14,17-18,29H,1,3-4,8-10,15-16H2,(H2,24,25,26,27). The fraction of sp³-hybridized carbons (Fsp3) is 0.391. The van der Waals surface area contributed by atoms with Crippen LogP contribution in [-0.4, -0.2) is 41.9 Å². The van der Waals surface area contributed by atoms with Gasteiger partial charge in [-0.3, -0.25) is 5.10 Å². The van der Waals surface area contributed by atoms with Gasteiger partial charge in [0.1, 0.15) is 11.6 Å². The van der Waals surface area contributed by atoms with Crippen LogP contribution in [-0.2, 0) is 10.0 Å². The molecule has 3 aromatic rings. The number of aliphatic hydroxyl groups is 1. The Kier molecular flexibility index (Phi) is 7.06. The maximum atomic E-state index is 13.3. The fourth-order valence-electron chi connectivity index (χ4n) is 4.08. The summed E-state index contributed by atoms with van der Waals surface area (Å²) in [6.07, 6.45) is 6.44. The minimum Gasteiger partial charge on any atom is -0.396 e. The fourth-order valence-corrected chi connectivity index (χ4v) is 5.55. The summed E-state index contributed by atoms with van der Waals surface area (Å²) in [5.41, 5.74) is 1.12. The molecular weight excluding hydrogens is 426 g/mol. The van der Waals surface area contributed by atoms with Crippen LogP contribution in [0.15, 0.2) is 59.5 Å². The molecule has 0 amide bonds. The highest BCUT2D eigenvalue weighted by molar-refractivity contribution is 7.92. The molecule has 170 valence electrons. The predicted octanol–water partition coefficient (Wildman–Crippen LogP) is 4.17. The number of nitrogens with one attached hydrogen (secondary N) is 2. The minimum absolute atomic E-state index is 0.115. The smallest absolute Gasteiger partial charge is 0.265 e. The summed E-state index contributed by atoms with van der Waals surface area (Å²) in [6.45, 7) is 0.00831. The summed E-state index contributed by atoms with van der Waals surface area (Å²) < 4.78 is 27.7. The van der Waals surface area contributed by atoms with Crippen LogP contribution in [0.1, 0.15) is 50.1 Å². The molecule has 1 aromatic carbocycles. The number of sulfonamides is 1. The number of nitrogens with zero attached hydrogens (tertiary/aromatic N) is 3. The number of aromatic nitrogens is 3. The first-order valence-electron chi connectivity index (χ1n) is 11.1. The number of aliphatic hydroxyl groups excluding tert-OH is 1. The zero-order valence-corrected chi connectivity index (χ0v) is 18.8. The van der Waals surface area contributed by atoms with Crippen LogP contribution in [0.4, 0.5) is 17.5 Å². The minimum atomic E-state index is -3.82. The van der Waals surface area contributed by atoms with Crippen LogP contribution in [0.5, 0.6) is 0 Å². The van der Waals surface area contributed by atoms with E-state index in [2.05, 4.69) is 20.5 Å². The highest BCUT2D eigenvalue weighted by atomic mass is 32.2. The van der Waals surface area contributed by atoms with E-state index < -0.39 is 10.0 Å². The SMILES string of the molecule is O=S(=O)(c1ccccc1)N(CCCO)c1cccc(Nc2cc(C3CCCCC3)[nH]n2)n1. The molecule has 0 saturated heterocycles. The molecule has 0 radical (unpaired) electrons. The quantitative estimate of drug-likeness (QED) is 0.446. The molecule has 0 aliphatic heterocycles. The van der Waals surface area contributed by atoms with Gasteiger partial charge in [0.25, 0.3) is 10.0 Å². The summed E-state index contributed by atoms with van der Waals surface area (Å²) >= 11 is 0. The molecule has 0 spiro atoms. The average Bonchev–Trinajstić information content (AvgIpc) is 3.29. The van der Waals surface area contributed by atoms with Crippen LogP contribution in [0.2, 0.25) is 0 Å². The highest BCUT2D eigenvalue weighted by Gasteiger charge is 2.26. The zero-order chi connectivity index (χ0) is 22.4. The lowest BCUT2D eigenvalue weighted by atomic mass is 9.87. The van der Waals surface area contributed by atoms with Crippen LogP contribution < -0.4 is 9.62 Å². The first-order chi connectivity index (χ1) is 15.6. The Balaban J connectivity index is 1.56. The number of H-pyrrole nitrogens is 1. The molecule has 1 fully saturated rings. The average molecular weight is 456 g/mol. The Labute approximate surface area is 188 Å². The molecule has 1 aliphatic carbocycles. The second-order valence-corrected chi connectivity index (χ2v) is 9.88. The largest absolute Gasteiger partial charge is 0.396 e. The van der Waals surface area contributed by atoms with Crippen LogP contribution in [0, 0.1) is 0 Å². The Morgan fingerprint density at radius 3 is 2.56 bits per heavy atom. The van der Waals surface area contributed by atoms with Crippen molar-refractivity contribution < 1.29 is 13.5 Å². The summed E-state index contributed by atoms with van der Waals surface area (Å²) in [6, 6.07) is 15.4. The topological polar surface area (TPSA) is 111 Å². The van der Waals surface area contributed by atoms with Crippen molar-refractivity contribution in [2.75, 3.05) is 22.8 Å². The lowest BCUT2D eigenvalue weighted by Gasteiger charge is -2.23. The first kappa shape index (κ1) is 22.3. The van der Waals surface area contributed by atoms with E-state index in [1.54, 1.807) is 48.5 Å². The van der Waals surface area contributed by atoms with Crippen molar-refractivity contribution >= 4 is 27.5 Å². The van der Waals surface area contributed by atoms with E-state index >= 15 is 0 Å². The van der Waals surface area contributed by atoms with Crippen molar-refractivity contribution in [2.45, 2.75) is 49.3 Å². The number of anilines is 3. The third kappa shape index (κ3) is 5.11. The van der Waals surface area contributed by atoms with E-state index in [0.717, 1.165) is 5.69 Å². The van der Waals surface area contributed by atoms with E-state index in [0.29, 0.717) is 24.0 Å². The van der Waals surface area contributed by atoms with Crippen molar-refractivity contribution in [3.8, 4) is 0 Å². The van der Waals surface area contributed by atoms with E-state index in [1.165, 1.54) is 36.4 Å². The molecule has 2 aromatic heterocycles. The summed E-state index contributed by atoms with van der Waals surface area (Å²) in [7, 11) is -3.82. The zero-order valence-electron chi connectivity index (χ0n) is 17.9. The lowest BCUT2D eigenvalue weighted by molar-refractivity contribution is 0.291. The van der Waals surface area contributed by atoms with Crippen molar-refractivity contribution in [2.24, 2.45) is 0 Å². The van der Waals surface area contributed by atoms with Crippen molar-refractivity contribution in [1.82, 2.24) is 15.2 Å². The van der Waals surface area contributed by atoms with Gasteiger partial charge in [0.2, 0.25) is 0 Å². The van der Waals surface area contributed by atoms with Crippen molar-refractivity contribution in [3.05, 3.63) is 60.3 Å². The van der Waals surface area contributed by atoms with Crippen LogP contribution >= 0.6 is 0 Å². The van der Waals surface area contributed by atoms with Gasteiger partial charge in [-0.2, -0.15) is 5.10 Å².